The van der Waals surface area contributed by atoms with Gasteiger partial charge in [-0.15, -0.1) is 0 Å². The fourth-order valence-electron chi connectivity index (χ4n) is 2.57. The molecular weight excluding hydrogens is 410 g/mol. The lowest BCUT2D eigenvalue weighted by molar-refractivity contribution is -0.384. The fraction of sp³-hybridized carbons (Fsp3) is 0.111. The Balaban J connectivity index is 1.88. The second-order valence-electron chi connectivity index (χ2n) is 5.92. The van der Waals surface area contributed by atoms with Gasteiger partial charge < -0.3 is 14.8 Å². The summed E-state index contributed by atoms with van der Waals surface area (Å²) in [5.74, 6) is 0.729. The Morgan fingerprint density at radius 1 is 0.871 bits per heavy atom. The van der Waals surface area contributed by atoms with Crippen molar-refractivity contribution in [1.29, 1.82) is 0 Å². The Morgan fingerprint density at radius 3 is 2.19 bits per heavy atom. The Hall–Kier alpha value is -4.68. The number of non-ortho nitro benzene ring substituents is 1. The van der Waals surface area contributed by atoms with Gasteiger partial charge in [-0.25, -0.2) is 9.97 Å². The number of nitro benzene ring substituents is 1. The smallest absolute Gasteiger partial charge is 0.355 e. The van der Waals surface area contributed by atoms with E-state index in [4.69, 9.17) is 9.47 Å². The van der Waals surface area contributed by atoms with Crippen LogP contribution < -0.4 is 25.6 Å². The molecule has 0 unspecified atom stereocenters. The van der Waals surface area contributed by atoms with Crippen LogP contribution in [0.4, 0.5) is 34.4 Å². The minimum atomic E-state index is -0.644. The monoisotopic (exact) mass is 427 g/mol. The first-order valence-electron chi connectivity index (χ1n) is 8.68. The Labute approximate surface area is 175 Å². The summed E-state index contributed by atoms with van der Waals surface area (Å²) < 4.78 is 10.4. The van der Waals surface area contributed by atoms with Gasteiger partial charge in [0.25, 0.3) is 5.69 Å². The second-order valence-corrected chi connectivity index (χ2v) is 5.92. The van der Waals surface area contributed by atoms with E-state index in [9.17, 15) is 20.2 Å². The number of nitrogens with zero attached hydrogens (tertiary/aromatic N) is 4. The third-order valence-electron chi connectivity index (χ3n) is 4.07. The van der Waals surface area contributed by atoms with Crippen molar-refractivity contribution in [1.82, 2.24) is 9.97 Å². The average Bonchev–Trinajstić information content (AvgIpc) is 2.77. The summed E-state index contributed by atoms with van der Waals surface area (Å²) >= 11 is 0. The SMILES string of the molecule is COc1ccc(OC)c(Nc2ncnc(NNc3ccc([N+](=O)[O-])cc3)c2[N+](=O)[O-])c1. The molecule has 13 nitrogen and oxygen atoms in total. The van der Waals surface area contributed by atoms with Gasteiger partial charge in [-0.1, -0.05) is 0 Å². The molecule has 1 heterocycles. The van der Waals surface area contributed by atoms with E-state index in [1.807, 2.05) is 0 Å². The fourth-order valence-corrected chi connectivity index (χ4v) is 2.57. The van der Waals surface area contributed by atoms with Crippen LogP contribution in [0.2, 0.25) is 0 Å². The summed E-state index contributed by atoms with van der Waals surface area (Å²) in [5.41, 5.74) is 5.66. The molecule has 31 heavy (non-hydrogen) atoms. The van der Waals surface area contributed by atoms with Crippen LogP contribution in [0.5, 0.6) is 11.5 Å². The number of benzene rings is 2. The van der Waals surface area contributed by atoms with E-state index in [-0.39, 0.29) is 17.3 Å². The molecule has 0 radical (unpaired) electrons. The van der Waals surface area contributed by atoms with E-state index in [0.29, 0.717) is 22.9 Å². The van der Waals surface area contributed by atoms with Crippen LogP contribution in [-0.2, 0) is 0 Å². The van der Waals surface area contributed by atoms with Crippen molar-refractivity contribution in [3.8, 4) is 11.5 Å². The summed E-state index contributed by atoms with van der Waals surface area (Å²) in [5, 5.41) is 25.3. The van der Waals surface area contributed by atoms with Crippen molar-refractivity contribution in [3.63, 3.8) is 0 Å². The topological polar surface area (TPSA) is 167 Å². The molecule has 160 valence electrons. The van der Waals surface area contributed by atoms with Crippen molar-refractivity contribution in [3.05, 3.63) is 69.0 Å². The van der Waals surface area contributed by atoms with Gasteiger partial charge in [0, 0.05) is 18.2 Å². The highest BCUT2D eigenvalue weighted by atomic mass is 16.6. The van der Waals surface area contributed by atoms with E-state index in [1.165, 1.54) is 38.5 Å². The van der Waals surface area contributed by atoms with Gasteiger partial charge in [0.1, 0.15) is 17.8 Å². The highest BCUT2D eigenvalue weighted by Gasteiger charge is 2.24. The van der Waals surface area contributed by atoms with Gasteiger partial charge in [-0.2, -0.15) is 0 Å². The van der Waals surface area contributed by atoms with Crippen LogP contribution in [0.3, 0.4) is 0 Å². The third-order valence-corrected chi connectivity index (χ3v) is 4.07. The van der Waals surface area contributed by atoms with E-state index >= 15 is 0 Å². The van der Waals surface area contributed by atoms with Crippen molar-refractivity contribution >= 4 is 34.4 Å². The molecule has 0 aliphatic rings. The van der Waals surface area contributed by atoms with Crippen LogP contribution in [0.15, 0.2) is 48.8 Å². The number of nitrogens with one attached hydrogen (secondary N) is 3. The van der Waals surface area contributed by atoms with Crippen molar-refractivity contribution in [2.75, 3.05) is 30.4 Å². The molecule has 0 amide bonds. The molecule has 3 N–H and O–H groups in total. The zero-order valence-corrected chi connectivity index (χ0v) is 16.4. The lowest BCUT2D eigenvalue weighted by Gasteiger charge is -2.14. The summed E-state index contributed by atoms with van der Waals surface area (Å²) in [6, 6.07) is 10.4. The number of nitro groups is 2. The summed E-state index contributed by atoms with van der Waals surface area (Å²) in [4.78, 5) is 29.2. The van der Waals surface area contributed by atoms with Crippen LogP contribution in [0.1, 0.15) is 0 Å². The number of ether oxygens (including phenoxy) is 2. The second kappa shape index (κ2) is 9.21. The van der Waals surface area contributed by atoms with Crippen LogP contribution in [-0.4, -0.2) is 34.0 Å². The number of hydrazine groups is 1. The first kappa shape index (κ1) is 21.0. The van der Waals surface area contributed by atoms with Crippen LogP contribution >= 0.6 is 0 Å². The van der Waals surface area contributed by atoms with Gasteiger partial charge >= 0.3 is 5.69 Å². The van der Waals surface area contributed by atoms with Gasteiger partial charge in [-0.05, 0) is 24.3 Å². The normalized spacial score (nSPS) is 10.1. The largest absolute Gasteiger partial charge is 0.497 e. The molecule has 0 saturated carbocycles. The van der Waals surface area contributed by atoms with Gasteiger partial charge in [0.05, 0.1) is 35.4 Å². The van der Waals surface area contributed by atoms with E-state index in [2.05, 4.69) is 26.1 Å². The Kier molecular flexibility index (Phi) is 6.25. The van der Waals surface area contributed by atoms with Crippen LogP contribution in [0, 0.1) is 20.2 Å². The number of hydrogen-bond donors (Lipinski definition) is 3. The maximum absolute atomic E-state index is 11.7. The number of hydrogen-bond acceptors (Lipinski definition) is 11. The molecule has 2 aromatic carbocycles. The molecule has 0 bridgehead atoms. The van der Waals surface area contributed by atoms with Crippen molar-refractivity contribution in [2.24, 2.45) is 0 Å². The molecule has 13 heteroatoms. The minimum Gasteiger partial charge on any atom is -0.497 e. The zero-order valence-electron chi connectivity index (χ0n) is 16.4. The quantitative estimate of drug-likeness (QED) is 0.338. The molecule has 0 aliphatic carbocycles. The lowest BCUT2D eigenvalue weighted by Crippen LogP contribution is -2.13. The molecule has 0 aliphatic heterocycles. The van der Waals surface area contributed by atoms with Gasteiger partial charge in [0.2, 0.25) is 11.6 Å². The zero-order chi connectivity index (χ0) is 22.4. The standard InChI is InChI=1S/C18H17N7O6/c1-30-13-7-8-15(31-2)14(9-13)21-17-16(25(28)29)18(20-10-19-17)23-22-11-3-5-12(6-4-11)24(26)27/h3-10,22H,1-2H3,(H2,19,20,21,23). The molecule has 0 saturated heterocycles. The molecule has 0 spiro atoms. The molecule has 3 rings (SSSR count). The highest BCUT2D eigenvalue weighted by Crippen LogP contribution is 2.36. The Bertz CT molecular complexity index is 1110. The molecule has 0 atom stereocenters. The van der Waals surface area contributed by atoms with Crippen molar-refractivity contribution in [2.45, 2.75) is 0 Å². The highest BCUT2D eigenvalue weighted by molar-refractivity contribution is 5.77. The third kappa shape index (κ3) is 4.84. The summed E-state index contributed by atoms with van der Waals surface area (Å²) in [6.07, 6.45) is 1.14. The summed E-state index contributed by atoms with van der Waals surface area (Å²) in [7, 11) is 2.95. The van der Waals surface area contributed by atoms with Gasteiger partial charge in [-0.3, -0.25) is 31.1 Å². The van der Waals surface area contributed by atoms with E-state index in [1.54, 1.807) is 18.2 Å². The molecular formula is C18H17N7O6. The predicted molar refractivity (Wildman–Crippen MR) is 112 cm³/mol. The van der Waals surface area contributed by atoms with Crippen LogP contribution in [0.25, 0.3) is 0 Å². The summed E-state index contributed by atoms with van der Waals surface area (Å²) in [6.45, 7) is 0. The van der Waals surface area contributed by atoms with Gasteiger partial charge in [0.15, 0.2) is 0 Å². The number of anilines is 4. The average molecular weight is 427 g/mol. The first-order valence-corrected chi connectivity index (χ1v) is 8.68. The number of methoxy groups -OCH3 is 2. The predicted octanol–water partition coefficient (Wildman–Crippen LogP) is 3.49. The van der Waals surface area contributed by atoms with E-state index in [0.717, 1.165) is 6.33 Å². The Morgan fingerprint density at radius 2 is 1.58 bits per heavy atom. The first-order chi connectivity index (χ1) is 14.9. The minimum absolute atomic E-state index is 0.0837. The number of aromatic nitrogens is 2. The molecule has 1 aromatic heterocycles. The maximum Gasteiger partial charge on any atom is 0.355 e. The van der Waals surface area contributed by atoms with Crippen molar-refractivity contribution < 1.29 is 19.3 Å². The number of rotatable bonds is 9. The maximum atomic E-state index is 11.7. The van der Waals surface area contributed by atoms with E-state index < -0.39 is 15.5 Å². The molecule has 0 fully saturated rings. The lowest BCUT2D eigenvalue weighted by atomic mass is 10.2. The molecule has 3 aromatic rings.